The number of unbranched alkanes of at least 4 members (excludes halogenated alkanes) is 2. The van der Waals surface area contributed by atoms with E-state index in [4.69, 9.17) is 13.1 Å². The Kier molecular flexibility index (Phi) is 14.4. The Bertz CT molecular complexity index is 1730. The van der Waals surface area contributed by atoms with Gasteiger partial charge in [-0.05, 0) is 84.4 Å². The number of hydrogen-bond acceptors (Lipinski definition) is 6. The summed E-state index contributed by atoms with van der Waals surface area (Å²) in [5.41, 5.74) is 2.73. The summed E-state index contributed by atoms with van der Waals surface area (Å²) in [5, 5.41) is 18.9. The molecule has 4 aromatic rings. The van der Waals surface area contributed by atoms with Crippen LogP contribution in [0.4, 0.5) is 0 Å². The van der Waals surface area contributed by atoms with Gasteiger partial charge in [0.15, 0.2) is 0 Å². The summed E-state index contributed by atoms with van der Waals surface area (Å²) in [6, 6.07) is 17.4. The fourth-order valence-electron chi connectivity index (χ4n) is 5.83. The molecule has 0 N–H and O–H groups in total. The van der Waals surface area contributed by atoms with Gasteiger partial charge in [-0.2, -0.15) is 0 Å². The molecule has 0 spiro atoms. The van der Waals surface area contributed by atoms with Crippen LogP contribution in [0.1, 0.15) is 99.9 Å². The van der Waals surface area contributed by atoms with Crippen LogP contribution < -0.4 is 0 Å². The lowest BCUT2D eigenvalue weighted by atomic mass is 9.92. The lowest BCUT2D eigenvalue weighted by molar-refractivity contribution is 0.449. The first-order valence-electron chi connectivity index (χ1n) is 16.8. The van der Waals surface area contributed by atoms with Crippen molar-refractivity contribution in [3.8, 4) is 41.4 Å². The quantitative estimate of drug-likeness (QED) is 0.0810. The lowest BCUT2D eigenvalue weighted by Gasteiger charge is -2.14. The Labute approximate surface area is 303 Å². The van der Waals surface area contributed by atoms with E-state index in [0.29, 0.717) is 11.8 Å². The second-order valence-electron chi connectivity index (χ2n) is 12.1. The molecule has 0 aromatic carbocycles. The average Bonchev–Trinajstić information content (AvgIpc) is 3.93. The Balaban J connectivity index is 1.64. The minimum atomic E-state index is 0.128. The minimum absolute atomic E-state index is 0.128. The molecule has 0 bridgehead atoms. The van der Waals surface area contributed by atoms with Crippen LogP contribution in [0.3, 0.4) is 0 Å². The molecule has 4 rings (SSSR count). The maximum Gasteiger partial charge on any atom is 0.263 e. The van der Waals surface area contributed by atoms with Gasteiger partial charge in [0, 0.05) is 39.0 Å². The third kappa shape index (κ3) is 9.66. The minimum Gasteiger partial charge on any atom is -0.227 e. The standard InChI is InChI=1S/C40H42N4S4/c1-7-11-13-27(9-3)19-29-21-39(47-37(29)23-31(25-41)43-5)35-17-15-33(45-35)34-16-18-36(46-34)40-22-30(20-28(10-4)14-12-8-2)38(48-40)24-32(26-42)44-6/h15-18,21-24,27-28H,7-14,19-20H2,1-4H3/b31-23-,32-24+. The summed E-state index contributed by atoms with van der Waals surface area (Å²) in [5.74, 6) is 1.18. The van der Waals surface area contributed by atoms with Gasteiger partial charge in [-0.15, -0.1) is 45.3 Å². The van der Waals surface area contributed by atoms with Crippen molar-refractivity contribution in [2.24, 2.45) is 11.8 Å². The molecule has 0 aliphatic heterocycles. The highest BCUT2D eigenvalue weighted by Gasteiger charge is 2.19. The van der Waals surface area contributed by atoms with Gasteiger partial charge < -0.3 is 0 Å². The zero-order valence-electron chi connectivity index (χ0n) is 28.3. The van der Waals surface area contributed by atoms with Crippen LogP contribution in [-0.4, -0.2) is 0 Å². The summed E-state index contributed by atoms with van der Waals surface area (Å²) in [4.78, 5) is 16.1. The molecule has 0 aliphatic rings. The first-order chi connectivity index (χ1) is 23.4. The molecule has 2 unspecified atom stereocenters. The SMILES string of the molecule is [C-]#[N+]/C(C#N)=C\c1sc(-c2ccc(-c3ccc(-c4cc(CC(CC)CCCC)c(/C=C(\C#N)[N+]#[C-])s4)s3)s2)cc1CC(CC)CCCC. The van der Waals surface area contributed by atoms with Crippen LogP contribution >= 0.6 is 45.3 Å². The predicted octanol–water partition coefficient (Wildman–Crippen LogP) is 14.0. The summed E-state index contributed by atoms with van der Waals surface area (Å²) in [6.07, 6.45) is 14.9. The highest BCUT2D eigenvalue weighted by atomic mass is 32.1. The summed E-state index contributed by atoms with van der Waals surface area (Å²) >= 11 is 6.91. The van der Waals surface area contributed by atoms with Gasteiger partial charge in [-0.25, -0.2) is 20.2 Å². The molecule has 0 radical (unpaired) electrons. The van der Waals surface area contributed by atoms with Crippen LogP contribution in [-0.2, 0) is 12.8 Å². The van der Waals surface area contributed by atoms with E-state index in [1.54, 1.807) is 57.5 Å². The molecule has 8 heteroatoms. The van der Waals surface area contributed by atoms with E-state index in [-0.39, 0.29) is 11.4 Å². The second kappa shape index (κ2) is 18.7. The Morgan fingerprint density at radius 3 is 1.33 bits per heavy atom. The molecule has 246 valence electrons. The van der Waals surface area contributed by atoms with Gasteiger partial charge in [0.25, 0.3) is 11.4 Å². The van der Waals surface area contributed by atoms with Gasteiger partial charge in [0.05, 0.1) is 25.3 Å². The molecule has 0 fully saturated rings. The van der Waals surface area contributed by atoms with Gasteiger partial charge >= 0.3 is 0 Å². The highest BCUT2D eigenvalue weighted by molar-refractivity contribution is 7.28. The number of thiophene rings is 4. The van der Waals surface area contributed by atoms with Crippen molar-refractivity contribution in [1.82, 2.24) is 0 Å². The molecular formula is C40H42N4S4. The molecule has 2 atom stereocenters. The van der Waals surface area contributed by atoms with Gasteiger partial charge in [0.2, 0.25) is 0 Å². The number of nitrogens with zero attached hydrogens (tertiary/aromatic N) is 4. The molecule has 0 aliphatic carbocycles. The van der Waals surface area contributed by atoms with Crippen molar-refractivity contribution in [1.29, 1.82) is 10.5 Å². The summed E-state index contributed by atoms with van der Waals surface area (Å²) in [6.45, 7) is 23.8. The van der Waals surface area contributed by atoms with E-state index in [1.807, 2.05) is 12.1 Å². The normalized spacial score (nSPS) is 13.0. The lowest BCUT2D eigenvalue weighted by Crippen LogP contribution is -2.03. The Morgan fingerprint density at radius 2 is 1.02 bits per heavy atom. The van der Waals surface area contributed by atoms with E-state index in [2.05, 4.69) is 73.8 Å². The molecule has 4 heterocycles. The predicted molar refractivity (Wildman–Crippen MR) is 209 cm³/mol. The molecule has 0 amide bonds. The monoisotopic (exact) mass is 706 g/mol. The van der Waals surface area contributed by atoms with Gasteiger partial charge in [-0.3, -0.25) is 0 Å². The van der Waals surface area contributed by atoms with Gasteiger partial charge in [-0.1, -0.05) is 79.1 Å². The highest BCUT2D eigenvalue weighted by Crippen LogP contribution is 2.45. The molecule has 0 saturated carbocycles. The second-order valence-corrected chi connectivity index (χ2v) is 16.4. The van der Waals surface area contributed by atoms with Crippen LogP contribution in [0.15, 0.2) is 47.8 Å². The van der Waals surface area contributed by atoms with E-state index in [0.717, 1.165) is 35.4 Å². The first-order valence-corrected chi connectivity index (χ1v) is 20.1. The maximum absolute atomic E-state index is 9.47. The number of rotatable bonds is 17. The third-order valence-electron chi connectivity index (χ3n) is 8.73. The average molecular weight is 707 g/mol. The van der Waals surface area contributed by atoms with Crippen molar-refractivity contribution >= 4 is 57.5 Å². The zero-order valence-corrected chi connectivity index (χ0v) is 31.5. The van der Waals surface area contributed by atoms with E-state index in [9.17, 15) is 10.5 Å². The Hall–Kier alpha value is -3.76. The van der Waals surface area contributed by atoms with Crippen molar-refractivity contribution < 1.29 is 0 Å². The van der Waals surface area contributed by atoms with Crippen molar-refractivity contribution in [3.05, 3.63) is 91.5 Å². The summed E-state index contributed by atoms with van der Waals surface area (Å²) < 4.78 is 0. The van der Waals surface area contributed by atoms with E-state index >= 15 is 0 Å². The summed E-state index contributed by atoms with van der Waals surface area (Å²) in [7, 11) is 0. The number of hydrogen-bond donors (Lipinski definition) is 0. The molecule has 0 saturated heterocycles. The van der Waals surface area contributed by atoms with Crippen molar-refractivity contribution in [2.75, 3.05) is 0 Å². The smallest absolute Gasteiger partial charge is 0.227 e. The van der Waals surface area contributed by atoms with Crippen LogP contribution in [0.2, 0.25) is 0 Å². The fraction of sp³-hybridized carbons (Fsp3) is 0.400. The maximum atomic E-state index is 9.47. The Morgan fingerprint density at radius 1 is 0.646 bits per heavy atom. The van der Waals surface area contributed by atoms with Crippen LogP contribution in [0, 0.1) is 47.6 Å². The van der Waals surface area contributed by atoms with Crippen molar-refractivity contribution in [2.45, 2.75) is 91.9 Å². The first kappa shape index (κ1) is 37.1. The van der Waals surface area contributed by atoms with E-state index in [1.165, 1.54) is 78.9 Å². The fourth-order valence-corrected chi connectivity index (χ4v) is 10.4. The molecule has 4 nitrogen and oxygen atoms in total. The third-order valence-corrected chi connectivity index (χ3v) is 13.7. The molecule has 48 heavy (non-hydrogen) atoms. The van der Waals surface area contributed by atoms with Gasteiger partial charge in [0.1, 0.15) is 0 Å². The largest absolute Gasteiger partial charge is 0.263 e. The topological polar surface area (TPSA) is 56.3 Å². The van der Waals surface area contributed by atoms with Crippen LogP contribution in [0.25, 0.3) is 51.1 Å². The van der Waals surface area contributed by atoms with Crippen molar-refractivity contribution in [3.63, 3.8) is 0 Å². The number of allylic oxidation sites excluding steroid dienone is 2. The number of nitriles is 2. The zero-order chi connectivity index (χ0) is 34.5. The van der Waals surface area contributed by atoms with Crippen LogP contribution in [0.5, 0.6) is 0 Å². The van der Waals surface area contributed by atoms with E-state index < -0.39 is 0 Å². The molecule has 4 aromatic heterocycles. The molecular weight excluding hydrogens is 665 g/mol.